The van der Waals surface area contributed by atoms with Crippen LogP contribution in [0, 0.1) is 0 Å². The second-order valence-electron chi connectivity index (χ2n) is 10.2. The molecular formula is C33H47N3O11. The summed E-state index contributed by atoms with van der Waals surface area (Å²) in [6.45, 7) is 0.742. The third-order valence-electron chi connectivity index (χ3n) is 6.86. The number of rotatable bonds is 23. The zero-order valence-electron chi connectivity index (χ0n) is 27.9. The van der Waals surface area contributed by atoms with Gasteiger partial charge in [0.1, 0.15) is 56.6 Å². The lowest BCUT2D eigenvalue weighted by Gasteiger charge is -2.26. The third-order valence-corrected chi connectivity index (χ3v) is 6.86. The molecule has 0 radical (unpaired) electrons. The van der Waals surface area contributed by atoms with Crippen LogP contribution in [0.1, 0.15) is 25.7 Å². The maximum atomic E-state index is 12.2. The average Bonchev–Trinajstić information content (AvgIpc) is 3.09. The molecule has 1 N–H and O–H groups in total. The highest BCUT2D eigenvalue weighted by Crippen LogP contribution is 2.33. The molecule has 14 heteroatoms. The van der Waals surface area contributed by atoms with E-state index in [0.717, 1.165) is 32.2 Å². The van der Waals surface area contributed by atoms with Crippen molar-refractivity contribution in [1.82, 2.24) is 5.32 Å². The molecule has 2 rings (SSSR count). The summed E-state index contributed by atoms with van der Waals surface area (Å²) >= 11 is 0. The van der Waals surface area contributed by atoms with Gasteiger partial charge in [-0.3, -0.25) is 19.2 Å². The highest BCUT2D eigenvalue weighted by molar-refractivity contribution is 5.83. The number of unbranched alkanes of at least 4 members (excludes halogenated alkanes) is 3. The molecule has 260 valence electrons. The van der Waals surface area contributed by atoms with Gasteiger partial charge >= 0.3 is 23.9 Å². The van der Waals surface area contributed by atoms with Crippen molar-refractivity contribution in [2.75, 3.05) is 97.8 Å². The first-order valence-corrected chi connectivity index (χ1v) is 15.3. The van der Waals surface area contributed by atoms with Gasteiger partial charge in [-0.2, -0.15) is 0 Å². The summed E-state index contributed by atoms with van der Waals surface area (Å²) in [5.41, 5.74) is 0.927. The minimum absolute atomic E-state index is 0.0501. The fourth-order valence-corrected chi connectivity index (χ4v) is 4.39. The Kier molecular flexibility index (Phi) is 17.9. The molecule has 0 saturated carbocycles. The van der Waals surface area contributed by atoms with Crippen molar-refractivity contribution in [1.29, 1.82) is 0 Å². The minimum atomic E-state index is -0.554. The molecule has 47 heavy (non-hydrogen) atoms. The standard InChI is InChI=1S/C33H47N3O11/c1-34-16-10-6-7-11-17-45-25-14-15-27(36(23-32(39)43-4)24-33(40)44-5)29(20-25)47-19-18-46-28-13-9-8-12-26(28)35(21-30(37)41-2)22-31(38)42-3/h8-9,12-15,20,34H,6-7,10-11,16-19,21-24H2,1-5H3. The molecule has 0 atom stereocenters. The normalized spacial score (nSPS) is 10.4. The predicted molar refractivity (Wildman–Crippen MR) is 174 cm³/mol. The van der Waals surface area contributed by atoms with Gasteiger partial charge in [0, 0.05) is 6.07 Å². The number of carbonyl (C=O) groups is 4. The Labute approximate surface area is 276 Å². The van der Waals surface area contributed by atoms with Crippen molar-refractivity contribution in [3.8, 4) is 17.2 Å². The monoisotopic (exact) mass is 661 g/mol. The van der Waals surface area contributed by atoms with Crippen LogP contribution >= 0.6 is 0 Å². The Morgan fingerprint density at radius 3 is 1.60 bits per heavy atom. The summed E-state index contributed by atoms with van der Waals surface area (Å²) in [6.07, 6.45) is 4.11. The van der Waals surface area contributed by atoms with E-state index in [-0.39, 0.29) is 39.4 Å². The van der Waals surface area contributed by atoms with Gasteiger partial charge in [0.05, 0.1) is 46.4 Å². The Bertz CT molecular complexity index is 1240. The van der Waals surface area contributed by atoms with E-state index in [0.29, 0.717) is 35.2 Å². The quantitative estimate of drug-likeness (QED) is 0.106. The lowest BCUT2D eigenvalue weighted by atomic mass is 10.2. The van der Waals surface area contributed by atoms with Crippen LogP contribution in [0.5, 0.6) is 17.2 Å². The number of methoxy groups -OCH3 is 4. The van der Waals surface area contributed by atoms with Crippen LogP contribution in [0.3, 0.4) is 0 Å². The molecular weight excluding hydrogens is 614 g/mol. The molecule has 0 saturated heterocycles. The second kappa shape index (κ2) is 21.9. The van der Waals surface area contributed by atoms with Gasteiger partial charge in [0.25, 0.3) is 0 Å². The number of nitrogens with one attached hydrogen (secondary N) is 1. The molecule has 0 aromatic heterocycles. The Morgan fingerprint density at radius 1 is 0.574 bits per heavy atom. The van der Waals surface area contributed by atoms with E-state index in [2.05, 4.69) is 5.32 Å². The number of esters is 4. The maximum Gasteiger partial charge on any atom is 0.325 e. The number of hydrogen-bond acceptors (Lipinski definition) is 14. The van der Waals surface area contributed by atoms with Crippen molar-refractivity contribution in [3.05, 3.63) is 42.5 Å². The first-order chi connectivity index (χ1) is 22.8. The smallest absolute Gasteiger partial charge is 0.325 e. The highest BCUT2D eigenvalue weighted by Gasteiger charge is 2.22. The van der Waals surface area contributed by atoms with E-state index in [4.69, 9.17) is 33.2 Å². The second-order valence-corrected chi connectivity index (χ2v) is 10.2. The molecule has 14 nitrogen and oxygen atoms in total. The van der Waals surface area contributed by atoms with Crippen LogP contribution in [0.4, 0.5) is 11.4 Å². The topological polar surface area (TPSA) is 151 Å². The summed E-state index contributed by atoms with van der Waals surface area (Å²) in [7, 11) is 6.98. The number of anilines is 2. The van der Waals surface area contributed by atoms with Crippen molar-refractivity contribution >= 4 is 35.3 Å². The largest absolute Gasteiger partial charge is 0.493 e. The van der Waals surface area contributed by atoms with E-state index in [1.54, 1.807) is 42.5 Å². The lowest BCUT2D eigenvalue weighted by molar-refractivity contribution is -0.141. The van der Waals surface area contributed by atoms with Gasteiger partial charge in [-0.05, 0) is 50.7 Å². The molecule has 0 bridgehead atoms. The number of ether oxygens (including phenoxy) is 7. The van der Waals surface area contributed by atoms with E-state index in [1.807, 2.05) is 7.05 Å². The Balaban J connectivity index is 2.23. The number of carbonyl (C=O) groups excluding carboxylic acids is 4. The molecule has 0 aliphatic heterocycles. The molecule has 2 aromatic rings. The first kappa shape index (κ1) is 38.5. The molecule has 0 fully saturated rings. The van der Waals surface area contributed by atoms with Gasteiger partial charge in [-0.15, -0.1) is 0 Å². The maximum absolute atomic E-state index is 12.2. The molecule has 0 aliphatic carbocycles. The number of hydrogen-bond donors (Lipinski definition) is 1. The fraction of sp³-hybridized carbons (Fsp3) is 0.515. The van der Waals surface area contributed by atoms with E-state index >= 15 is 0 Å². The molecule has 0 amide bonds. The van der Waals surface area contributed by atoms with Gasteiger partial charge in [0.15, 0.2) is 0 Å². The van der Waals surface area contributed by atoms with Crippen molar-refractivity contribution in [2.45, 2.75) is 25.7 Å². The van der Waals surface area contributed by atoms with Crippen LogP contribution in [0.15, 0.2) is 42.5 Å². The number of nitrogens with zero attached hydrogens (tertiary/aromatic N) is 2. The van der Waals surface area contributed by atoms with Crippen molar-refractivity contribution in [3.63, 3.8) is 0 Å². The molecule has 0 unspecified atom stereocenters. The van der Waals surface area contributed by atoms with Crippen molar-refractivity contribution < 1.29 is 52.3 Å². The summed E-state index contributed by atoms with van der Waals surface area (Å²) in [4.78, 5) is 51.6. The zero-order valence-corrected chi connectivity index (χ0v) is 27.9. The van der Waals surface area contributed by atoms with Crippen LogP contribution in [0.2, 0.25) is 0 Å². The SMILES string of the molecule is CNCCCCCCOc1ccc(N(CC(=O)OC)CC(=O)OC)c(OCCOc2ccccc2N(CC(=O)OC)CC(=O)OC)c1. The summed E-state index contributed by atoms with van der Waals surface area (Å²) in [6, 6.07) is 12.1. The fourth-order valence-electron chi connectivity index (χ4n) is 4.39. The highest BCUT2D eigenvalue weighted by atomic mass is 16.5. The number of benzene rings is 2. The average molecular weight is 662 g/mol. The van der Waals surface area contributed by atoms with Gasteiger partial charge in [-0.25, -0.2) is 0 Å². The van der Waals surface area contributed by atoms with Gasteiger partial charge < -0.3 is 48.3 Å². The van der Waals surface area contributed by atoms with Crippen LogP contribution in [-0.4, -0.2) is 112 Å². The summed E-state index contributed by atoms with van der Waals surface area (Å²) in [5.74, 6) is -0.891. The predicted octanol–water partition coefficient (Wildman–Crippen LogP) is 2.61. The van der Waals surface area contributed by atoms with Gasteiger partial charge in [-0.1, -0.05) is 25.0 Å². The van der Waals surface area contributed by atoms with Crippen molar-refractivity contribution in [2.24, 2.45) is 0 Å². The molecule has 0 heterocycles. The van der Waals surface area contributed by atoms with Crippen LogP contribution in [-0.2, 0) is 38.1 Å². The van der Waals surface area contributed by atoms with Crippen LogP contribution in [0.25, 0.3) is 0 Å². The third kappa shape index (κ3) is 14.1. The molecule has 2 aromatic carbocycles. The Morgan fingerprint density at radius 2 is 1.06 bits per heavy atom. The van der Waals surface area contributed by atoms with Gasteiger partial charge in [0.2, 0.25) is 0 Å². The lowest BCUT2D eigenvalue weighted by Crippen LogP contribution is -2.36. The minimum Gasteiger partial charge on any atom is -0.493 e. The summed E-state index contributed by atoms with van der Waals surface area (Å²) in [5, 5.41) is 3.14. The first-order valence-electron chi connectivity index (χ1n) is 15.3. The van der Waals surface area contributed by atoms with E-state index in [1.165, 1.54) is 38.2 Å². The van der Waals surface area contributed by atoms with Crippen LogP contribution < -0.4 is 29.3 Å². The van der Waals surface area contributed by atoms with E-state index in [9.17, 15) is 19.2 Å². The van der Waals surface area contributed by atoms with E-state index < -0.39 is 23.9 Å². The molecule has 0 aliphatic rings. The number of para-hydroxylation sites is 2. The Hall–Kier alpha value is -4.72. The summed E-state index contributed by atoms with van der Waals surface area (Å²) < 4.78 is 37.4. The molecule has 0 spiro atoms. The zero-order chi connectivity index (χ0) is 34.4.